The van der Waals surface area contributed by atoms with Crippen molar-refractivity contribution in [3.8, 4) is 0 Å². The normalized spacial score (nSPS) is 10.2. The van der Waals surface area contributed by atoms with Crippen LogP contribution in [-0.2, 0) is 0 Å². The molecule has 4 aromatic rings. The van der Waals surface area contributed by atoms with E-state index in [1.54, 1.807) is 0 Å². The third-order valence-corrected chi connectivity index (χ3v) is 3.59. The summed E-state index contributed by atoms with van der Waals surface area (Å²) in [6.07, 6.45) is 0. The van der Waals surface area contributed by atoms with Crippen LogP contribution in [0.4, 0.5) is 22.7 Å². The van der Waals surface area contributed by atoms with E-state index in [9.17, 15) is 0 Å². The maximum Gasteiger partial charge on any atom is 0.0857 e. The molecule has 4 aromatic carbocycles. The molecule has 0 bridgehead atoms. The Balaban J connectivity index is 0.000000200. The van der Waals surface area contributed by atoms with Gasteiger partial charge in [-0.25, -0.2) is 0 Å². The monoisotopic (exact) mass is 400 g/mol. The molecule has 0 fully saturated rings. The van der Waals surface area contributed by atoms with Gasteiger partial charge in [0.05, 0.1) is 22.7 Å². The van der Waals surface area contributed by atoms with Crippen LogP contribution in [0.15, 0.2) is 142 Å². The van der Waals surface area contributed by atoms with Crippen molar-refractivity contribution in [2.45, 2.75) is 0 Å². The number of azo groups is 2. The van der Waals surface area contributed by atoms with Crippen molar-refractivity contribution in [2.75, 3.05) is 0 Å². The Morgan fingerprint density at radius 1 is 0.276 bits per heavy atom. The van der Waals surface area contributed by atoms with Crippen LogP contribution >= 0.6 is 12.4 Å². The smallest absolute Gasteiger partial charge is 0.0857 e. The quantitative estimate of drug-likeness (QED) is 0.308. The molecule has 0 radical (unpaired) electrons. The molecule has 144 valence electrons. The lowest BCUT2D eigenvalue weighted by atomic mass is 10.3. The first kappa shape index (κ1) is 21.7. The van der Waals surface area contributed by atoms with Gasteiger partial charge in [0.15, 0.2) is 0 Å². The van der Waals surface area contributed by atoms with E-state index in [0.717, 1.165) is 22.7 Å². The molecule has 0 amide bonds. The first-order valence-electron chi connectivity index (χ1n) is 8.94. The van der Waals surface area contributed by atoms with Crippen LogP contribution in [0, 0.1) is 0 Å². The second-order valence-corrected chi connectivity index (χ2v) is 5.74. The van der Waals surface area contributed by atoms with E-state index in [1.165, 1.54) is 0 Å². The molecule has 0 N–H and O–H groups in total. The summed E-state index contributed by atoms with van der Waals surface area (Å²) in [4.78, 5) is 0. The highest BCUT2D eigenvalue weighted by molar-refractivity contribution is 5.85. The Labute approximate surface area is 177 Å². The lowest BCUT2D eigenvalue weighted by Crippen LogP contribution is -1.62. The summed E-state index contributed by atoms with van der Waals surface area (Å²) < 4.78 is 0. The molecule has 0 atom stereocenters. The molecule has 29 heavy (non-hydrogen) atoms. The summed E-state index contributed by atoms with van der Waals surface area (Å²) in [7, 11) is 0. The minimum absolute atomic E-state index is 0. The van der Waals surface area contributed by atoms with Gasteiger partial charge in [-0.1, -0.05) is 72.8 Å². The van der Waals surface area contributed by atoms with Crippen molar-refractivity contribution in [1.82, 2.24) is 0 Å². The number of benzene rings is 4. The predicted octanol–water partition coefficient (Wildman–Crippen LogP) is 8.63. The standard InChI is InChI=1S/2C12H10N2.ClH/c2*1-3-7-11(8-4-1)13-14-12-9-5-2-6-10-12;/h2*1-10H;1H/b2*14-13+;. The van der Waals surface area contributed by atoms with E-state index in [-0.39, 0.29) is 12.4 Å². The van der Waals surface area contributed by atoms with Gasteiger partial charge in [0.25, 0.3) is 0 Å². The third-order valence-electron chi connectivity index (χ3n) is 3.59. The third kappa shape index (κ3) is 8.28. The highest BCUT2D eigenvalue weighted by Crippen LogP contribution is 2.17. The van der Waals surface area contributed by atoms with Crippen LogP contribution in [0.1, 0.15) is 0 Å². The Hall–Kier alpha value is -3.63. The van der Waals surface area contributed by atoms with Crippen LogP contribution < -0.4 is 0 Å². The minimum atomic E-state index is 0. The topological polar surface area (TPSA) is 49.4 Å². The van der Waals surface area contributed by atoms with Crippen LogP contribution in [0.2, 0.25) is 0 Å². The van der Waals surface area contributed by atoms with E-state index in [0.29, 0.717) is 0 Å². The molecule has 0 aromatic heterocycles. The van der Waals surface area contributed by atoms with Crippen molar-refractivity contribution in [3.63, 3.8) is 0 Å². The van der Waals surface area contributed by atoms with E-state index in [4.69, 9.17) is 0 Å². The lowest BCUT2D eigenvalue weighted by Gasteiger charge is -1.91. The zero-order valence-corrected chi connectivity index (χ0v) is 16.6. The first-order valence-corrected chi connectivity index (χ1v) is 8.94. The fourth-order valence-corrected chi connectivity index (χ4v) is 2.21. The number of hydrogen-bond acceptors (Lipinski definition) is 4. The van der Waals surface area contributed by atoms with Gasteiger partial charge in [0.2, 0.25) is 0 Å². The maximum atomic E-state index is 4.10. The molecule has 0 unspecified atom stereocenters. The number of nitrogens with zero attached hydrogens (tertiary/aromatic N) is 4. The Morgan fingerprint density at radius 3 is 0.621 bits per heavy atom. The van der Waals surface area contributed by atoms with Crippen LogP contribution in [0.25, 0.3) is 0 Å². The van der Waals surface area contributed by atoms with Crippen molar-refractivity contribution < 1.29 is 0 Å². The van der Waals surface area contributed by atoms with Gasteiger partial charge in [0.1, 0.15) is 0 Å². The summed E-state index contributed by atoms with van der Waals surface area (Å²) in [5.41, 5.74) is 3.49. The molecule has 5 heteroatoms. The fourth-order valence-electron chi connectivity index (χ4n) is 2.21. The lowest BCUT2D eigenvalue weighted by molar-refractivity contribution is 1.23. The highest BCUT2D eigenvalue weighted by atomic mass is 35.5. The number of halogens is 1. The second-order valence-electron chi connectivity index (χ2n) is 5.74. The summed E-state index contributed by atoms with van der Waals surface area (Å²) >= 11 is 0. The van der Waals surface area contributed by atoms with Crippen LogP contribution in [0.3, 0.4) is 0 Å². The zero-order valence-electron chi connectivity index (χ0n) is 15.7. The van der Waals surface area contributed by atoms with Crippen molar-refractivity contribution in [3.05, 3.63) is 121 Å². The molecular formula is C24H21ClN4. The Morgan fingerprint density at radius 2 is 0.448 bits per heavy atom. The van der Waals surface area contributed by atoms with E-state index in [1.807, 2.05) is 121 Å². The molecule has 0 saturated heterocycles. The molecule has 0 aliphatic heterocycles. The van der Waals surface area contributed by atoms with Gasteiger partial charge in [-0.2, -0.15) is 20.5 Å². The molecule has 0 saturated carbocycles. The average molecular weight is 401 g/mol. The van der Waals surface area contributed by atoms with E-state index >= 15 is 0 Å². The largest absolute Gasteiger partial charge is 0.151 e. The molecular weight excluding hydrogens is 380 g/mol. The summed E-state index contributed by atoms with van der Waals surface area (Å²) in [6, 6.07) is 38.8. The van der Waals surface area contributed by atoms with Crippen molar-refractivity contribution >= 4 is 35.2 Å². The fraction of sp³-hybridized carbons (Fsp3) is 0. The molecule has 0 spiro atoms. The number of rotatable bonds is 4. The van der Waals surface area contributed by atoms with Crippen LogP contribution in [-0.4, -0.2) is 0 Å². The minimum Gasteiger partial charge on any atom is -0.151 e. The van der Waals surface area contributed by atoms with E-state index < -0.39 is 0 Å². The van der Waals surface area contributed by atoms with Crippen molar-refractivity contribution in [1.29, 1.82) is 0 Å². The zero-order chi connectivity index (χ0) is 19.3. The van der Waals surface area contributed by atoms with Crippen LogP contribution in [0.5, 0.6) is 0 Å². The summed E-state index contributed by atoms with van der Waals surface area (Å²) in [6.45, 7) is 0. The van der Waals surface area contributed by atoms with Crippen molar-refractivity contribution in [2.24, 2.45) is 20.5 Å². The van der Waals surface area contributed by atoms with Gasteiger partial charge in [0, 0.05) is 0 Å². The molecule has 0 aliphatic rings. The first-order chi connectivity index (χ1) is 13.9. The van der Waals surface area contributed by atoms with Gasteiger partial charge in [-0.05, 0) is 48.5 Å². The summed E-state index contributed by atoms with van der Waals surface area (Å²) in [5, 5.41) is 16.4. The van der Waals surface area contributed by atoms with E-state index in [2.05, 4.69) is 20.5 Å². The van der Waals surface area contributed by atoms with Gasteiger partial charge in [-0.3, -0.25) is 0 Å². The molecule has 4 rings (SSSR count). The summed E-state index contributed by atoms with van der Waals surface area (Å²) in [5.74, 6) is 0. The Bertz CT molecular complexity index is 822. The SMILES string of the molecule is Cl.c1ccc(/N=N/c2ccccc2)cc1.c1ccc(/N=N/c2ccccc2)cc1. The van der Waals surface area contributed by atoms with Gasteiger partial charge < -0.3 is 0 Å². The molecule has 0 aliphatic carbocycles. The molecule has 0 heterocycles. The van der Waals surface area contributed by atoms with Gasteiger partial charge in [-0.15, -0.1) is 12.4 Å². The predicted molar refractivity (Wildman–Crippen MR) is 121 cm³/mol. The molecule has 4 nitrogen and oxygen atoms in total. The number of hydrogen-bond donors (Lipinski definition) is 0. The average Bonchev–Trinajstić information content (AvgIpc) is 2.80. The van der Waals surface area contributed by atoms with Gasteiger partial charge >= 0.3 is 0 Å². The Kier molecular flexibility index (Phi) is 9.49. The second kappa shape index (κ2) is 12.7. The highest BCUT2D eigenvalue weighted by Gasteiger charge is 1.87. The maximum absolute atomic E-state index is 4.10.